The third-order valence-electron chi connectivity index (χ3n) is 4.32. The van der Waals surface area contributed by atoms with Crippen LogP contribution in [0.25, 0.3) is 5.57 Å². The zero-order valence-electron chi connectivity index (χ0n) is 14.4. The lowest BCUT2D eigenvalue weighted by molar-refractivity contribution is -0.114. The number of alkyl halides is 3. The van der Waals surface area contributed by atoms with Crippen molar-refractivity contribution in [2.45, 2.75) is 12.6 Å². The van der Waals surface area contributed by atoms with Gasteiger partial charge in [0, 0.05) is 18.3 Å². The molecule has 140 valence electrons. The number of benzene rings is 2. The fourth-order valence-corrected chi connectivity index (χ4v) is 3.02. The number of hydrogen-bond donors (Lipinski definition) is 0. The number of amides is 1. The van der Waals surface area contributed by atoms with Gasteiger partial charge in [-0.2, -0.15) is 13.2 Å². The van der Waals surface area contributed by atoms with E-state index < -0.39 is 23.6 Å². The minimum absolute atomic E-state index is 0.0705. The third kappa shape index (κ3) is 3.86. The Balaban J connectivity index is 1.93. The van der Waals surface area contributed by atoms with Crippen LogP contribution in [0.5, 0.6) is 0 Å². The highest BCUT2D eigenvalue weighted by Gasteiger charge is 2.36. The zero-order valence-corrected chi connectivity index (χ0v) is 14.4. The largest absolute Gasteiger partial charge is 0.465 e. The summed E-state index contributed by atoms with van der Waals surface area (Å²) in [6, 6.07) is 11.8. The molecule has 2 aromatic rings. The molecule has 0 atom stereocenters. The number of allylic oxidation sites excluding steroid dienone is 1. The number of ether oxygens (including phenoxy) is 1. The summed E-state index contributed by atoms with van der Waals surface area (Å²) in [5.74, 6) is -1.26. The van der Waals surface area contributed by atoms with Crippen molar-refractivity contribution in [2.24, 2.45) is 0 Å². The highest BCUT2D eigenvalue weighted by molar-refractivity contribution is 6.07. The minimum Gasteiger partial charge on any atom is -0.465 e. The predicted molar refractivity (Wildman–Crippen MR) is 94.3 cm³/mol. The maximum absolute atomic E-state index is 13.4. The highest BCUT2D eigenvalue weighted by atomic mass is 19.4. The molecule has 0 aliphatic carbocycles. The van der Waals surface area contributed by atoms with E-state index in [4.69, 9.17) is 0 Å². The Morgan fingerprint density at radius 1 is 1.07 bits per heavy atom. The van der Waals surface area contributed by atoms with E-state index in [1.807, 2.05) is 0 Å². The molecule has 0 radical (unpaired) electrons. The SMILES string of the molecule is COC(=O)c1ccc2c(c1)CCN2C(=O)/C=C(/c1ccccc1)C(F)(F)F. The van der Waals surface area contributed by atoms with Crippen molar-refractivity contribution in [3.8, 4) is 0 Å². The molecule has 1 amide bonds. The lowest BCUT2D eigenvalue weighted by Gasteiger charge is -2.18. The monoisotopic (exact) mass is 375 g/mol. The molecule has 1 aliphatic heterocycles. The number of methoxy groups -OCH3 is 1. The van der Waals surface area contributed by atoms with Crippen molar-refractivity contribution in [3.63, 3.8) is 0 Å². The first-order valence-electron chi connectivity index (χ1n) is 8.18. The lowest BCUT2D eigenvalue weighted by Crippen LogP contribution is -2.28. The predicted octanol–water partition coefficient (Wildman–Crippen LogP) is 4.01. The number of anilines is 1. The Morgan fingerprint density at radius 2 is 1.78 bits per heavy atom. The fourth-order valence-electron chi connectivity index (χ4n) is 3.02. The summed E-state index contributed by atoms with van der Waals surface area (Å²) in [6.07, 6.45) is -3.58. The van der Waals surface area contributed by atoms with Crippen LogP contribution in [0.2, 0.25) is 0 Å². The highest BCUT2D eigenvalue weighted by Crippen LogP contribution is 2.35. The molecule has 3 rings (SSSR count). The first-order valence-corrected chi connectivity index (χ1v) is 8.18. The Hall–Kier alpha value is -3.09. The summed E-state index contributed by atoms with van der Waals surface area (Å²) in [5, 5.41) is 0. The average Bonchev–Trinajstić information content (AvgIpc) is 3.08. The average molecular weight is 375 g/mol. The van der Waals surface area contributed by atoms with E-state index in [9.17, 15) is 22.8 Å². The van der Waals surface area contributed by atoms with Gasteiger partial charge in [-0.05, 0) is 35.7 Å². The molecule has 0 fully saturated rings. The first kappa shape index (κ1) is 18.7. The molecular formula is C20H16F3NO3. The molecule has 0 aromatic heterocycles. The molecular weight excluding hydrogens is 359 g/mol. The first-order chi connectivity index (χ1) is 12.8. The van der Waals surface area contributed by atoms with E-state index in [1.54, 1.807) is 18.2 Å². The third-order valence-corrected chi connectivity index (χ3v) is 4.32. The molecule has 0 saturated heterocycles. The molecule has 7 heteroatoms. The van der Waals surface area contributed by atoms with Crippen LogP contribution in [0.15, 0.2) is 54.6 Å². The van der Waals surface area contributed by atoms with Gasteiger partial charge in [0.15, 0.2) is 0 Å². The van der Waals surface area contributed by atoms with Gasteiger partial charge < -0.3 is 9.64 Å². The Kier molecular flexibility index (Phi) is 5.03. The molecule has 1 heterocycles. The van der Waals surface area contributed by atoms with E-state index in [0.29, 0.717) is 29.3 Å². The Labute approximate surface area is 153 Å². The van der Waals surface area contributed by atoms with Crippen LogP contribution in [0.1, 0.15) is 21.5 Å². The van der Waals surface area contributed by atoms with Crippen LogP contribution < -0.4 is 4.90 Å². The second-order valence-corrected chi connectivity index (χ2v) is 6.00. The van der Waals surface area contributed by atoms with Crippen LogP contribution in [-0.4, -0.2) is 31.7 Å². The second-order valence-electron chi connectivity index (χ2n) is 6.00. The van der Waals surface area contributed by atoms with Gasteiger partial charge >= 0.3 is 12.1 Å². The van der Waals surface area contributed by atoms with Gasteiger partial charge in [-0.15, -0.1) is 0 Å². The molecule has 0 N–H and O–H groups in total. The number of hydrogen-bond acceptors (Lipinski definition) is 3. The van der Waals surface area contributed by atoms with Crippen LogP contribution in [0, 0.1) is 0 Å². The summed E-state index contributed by atoms with van der Waals surface area (Å²) >= 11 is 0. The number of esters is 1. The van der Waals surface area contributed by atoms with E-state index in [-0.39, 0.29) is 12.1 Å². The standard InChI is InChI=1S/C20H16F3NO3/c1-27-19(26)15-7-8-17-14(11-15)9-10-24(17)18(25)12-16(20(21,22)23)13-5-3-2-4-6-13/h2-8,11-12H,9-10H2,1H3/b16-12-. The Bertz CT molecular complexity index is 904. The molecule has 27 heavy (non-hydrogen) atoms. The number of fused-ring (bicyclic) bond motifs is 1. The van der Waals surface area contributed by atoms with Gasteiger partial charge in [-0.3, -0.25) is 4.79 Å². The maximum atomic E-state index is 13.4. The van der Waals surface area contributed by atoms with Gasteiger partial charge in [-0.25, -0.2) is 4.79 Å². The molecule has 0 bridgehead atoms. The fraction of sp³-hybridized carbons (Fsp3) is 0.200. The number of halogens is 3. The van der Waals surface area contributed by atoms with Crippen molar-refractivity contribution >= 4 is 23.1 Å². The smallest absolute Gasteiger partial charge is 0.417 e. The van der Waals surface area contributed by atoms with E-state index in [0.717, 1.165) is 0 Å². The van der Waals surface area contributed by atoms with Gasteiger partial charge in [0.2, 0.25) is 0 Å². The molecule has 1 aliphatic rings. The lowest BCUT2D eigenvalue weighted by atomic mass is 10.0. The molecule has 4 nitrogen and oxygen atoms in total. The van der Waals surface area contributed by atoms with Gasteiger partial charge in [0.1, 0.15) is 0 Å². The molecule has 2 aromatic carbocycles. The number of carbonyl (C=O) groups is 2. The van der Waals surface area contributed by atoms with Gasteiger partial charge in [0.05, 0.1) is 18.2 Å². The Morgan fingerprint density at radius 3 is 2.41 bits per heavy atom. The number of rotatable bonds is 3. The van der Waals surface area contributed by atoms with Crippen molar-refractivity contribution in [2.75, 3.05) is 18.6 Å². The maximum Gasteiger partial charge on any atom is 0.417 e. The normalized spacial score (nSPS) is 14.1. The van der Waals surface area contributed by atoms with Crippen LogP contribution in [0.3, 0.4) is 0 Å². The van der Waals surface area contributed by atoms with Crippen LogP contribution in [0.4, 0.5) is 18.9 Å². The van der Waals surface area contributed by atoms with E-state index in [1.165, 1.54) is 42.3 Å². The van der Waals surface area contributed by atoms with Crippen LogP contribution >= 0.6 is 0 Å². The second kappa shape index (κ2) is 7.26. The number of nitrogens with zero attached hydrogens (tertiary/aromatic N) is 1. The van der Waals surface area contributed by atoms with Crippen molar-refractivity contribution in [1.82, 2.24) is 0 Å². The molecule has 0 spiro atoms. The van der Waals surface area contributed by atoms with Crippen LogP contribution in [-0.2, 0) is 16.0 Å². The quantitative estimate of drug-likeness (QED) is 0.602. The summed E-state index contributed by atoms with van der Waals surface area (Å²) in [7, 11) is 1.26. The van der Waals surface area contributed by atoms with Gasteiger partial charge in [-0.1, -0.05) is 30.3 Å². The van der Waals surface area contributed by atoms with Crippen molar-refractivity contribution < 1.29 is 27.5 Å². The summed E-state index contributed by atoms with van der Waals surface area (Å²) in [4.78, 5) is 25.5. The zero-order chi connectivity index (χ0) is 19.6. The topological polar surface area (TPSA) is 46.6 Å². The molecule has 0 saturated carbocycles. The van der Waals surface area contributed by atoms with E-state index >= 15 is 0 Å². The summed E-state index contributed by atoms with van der Waals surface area (Å²) in [5.41, 5.74) is 0.485. The van der Waals surface area contributed by atoms with E-state index in [2.05, 4.69) is 4.74 Å². The summed E-state index contributed by atoms with van der Waals surface area (Å²) < 4.78 is 45.0. The van der Waals surface area contributed by atoms with Crippen molar-refractivity contribution in [1.29, 1.82) is 0 Å². The number of carbonyl (C=O) groups excluding carboxylic acids is 2. The summed E-state index contributed by atoms with van der Waals surface area (Å²) in [6.45, 7) is 0.245. The van der Waals surface area contributed by atoms with Gasteiger partial charge in [0.25, 0.3) is 5.91 Å². The van der Waals surface area contributed by atoms with Crippen molar-refractivity contribution in [3.05, 3.63) is 71.3 Å². The minimum atomic E-state index is -4.66. The molecule has 0 unspecified atom stereocenters.